The maximum atomic E-state index is 11.9. The lowest BCUT2D eigenvalue weighted by Crippen LogP contribution is -2.27. The van der Waals surface area contributed by atoms with Crippen LogP contribution in [0.2, 0.25) is 0 Å². The van der Waals surface area contributed by atoms with Crippen LogP contribution in [0.1, 0.15) is 18.9 Å². The number of aryl methyl sites for hydroxylation is 1. The molecule has 1 rings (SSSR count). The van der Waals surface area contributed by atoms with Gasteiger partial charge in [0.15, 0.2) is 5.82 Å². The topological polar surface area (TPSA) is 68.3 Å². The number of rotatable bonds is 6. The Kier molecular flexibility index (Phi) is 5.55. The lowest BCUT2D eigenvalue weighted by atomic mass is 10.3. The fourth-order valence-electron chi connectivity index (χ4n) is 1.40. The minimum absolute atomic E-state index is 0.0813. The number of pyridine rings is 1. The molecule has 1 N–H and O–H groups in total. The Morgan fingerprint density at radius 1 is 1.56 bits per heavy atom. The summed E-state index contributed by atoms with van der Waals surface area (Å²) >= 11 is 3.31. The molecule has 0 radical (unpaired) electrons. The summed E-state index contributed by atoms with van der Waals surface area (Å²) in [5, 5.41) is 0. The first kappa shape index (κ1) is 15.4. The second kappa shape index (κ2) is 6.49. The van der Waals surface area contributed by atoms with Gasteiger partial charge >= 0.3 is 0 Å². The number of sulfonamides is 1. The van der Waals surface area contributed by atoms with Crippen LogP contribution in [0.4, 0.5) is 5.82 Å². The van der Waals surface area contributed by atoms with Crippen LogP contribution in [0, 0.1) is 6.92 Å². The molecular weight excluding hydrogens is 320 g/mol. The molecular formula is C11H17BrN2O3S. The van der Waals surface area contributed by atoms with E-state index in [0.29, 0.717) is 16.7 Å². The largest absolute Gasteiger partial charge is 0.380 e. The monoisotopic (exact) mass is 336 g/mol. The summed E-state index contributed by atoms with van der Waals surface area (Å²) in [6.45, 7) is 3.75. The molecule has 0 saturated carbocycles. The molecule has 1 heterocycles. The van der Waals surface area contributed by atoms with Crippen molar-refractivity contribution in [3.05, 3.63) is 22.3 Å². The lowest BCUT2D eigenvalue weighted by molar-refractivity contribution is 0.117. The summed E-state index contributed by atoms with van der Waals surface area (Å²) in [5.74, 6) is 0.225. The molecule has 7 heteroatoms. The third-order valence-corrected chi connectivity index (χ3v) is 4.84. The molecule has 0 amide bonds. The van der Waals surface area contributed by atoms with Crippen LogP contribution in [0.15, 0.2) is 16.7 Å². The first-order valence-electron chi connectivity index (χ1n) is 5.54. The number of halogens is 1. The van der Waals surface area contributed by atoms with E-state index in [1.54, 1.807) is 12.3 Å². The third-order valence-electron chi connectivity index (χ3n) is 2.53. The molecule has 0 aliphatic rings. The summed E-state index contributed by atoms with van der Waals surface area (Å²) in [5.41, 5.74) is 0.918. The van der Waals surface area contributed by atoms with Crippen LogP contribution in [0.5, 0.6) is 0 Å². The zero-order valence-electron chi connectivity index (χ0n) is 10.6. The Balaban J connectivity index is 2.86. The van der Waals surface area contributed by atoms with Crippen LogP contribution < -0.4 is 4.72 Å². The maximum absolute atomic E-state index is 11.9. The fraction of sp³-hybridized carbons (Fsp3) is 0.545. The van der Waals surface area contributed by atoms with Gasteiger partial charge in [-0.2, -0.15) is 0 Å². The molecule has 1 aromatic rings. The van der Waals surface area contributed by atoms with E-state index in [2.05, 4.69) is 25.6 Å². The van der Waals surface area contributed by atoms with Gasteiger partial charge in [0.25, 0.3) is 0 Å². The quantitative estimate of drug-likeness (QED) is 0.865. The van der Waals surface area contributed by atoms with Crippen molar-refractivity contribution in [1.82, 2.24) is 4.98 Å². The van der Waals surface area contributed by atoms with Crippen LogP contribution in [0.25, 0.3) is 0 Å². The Labute approximate surface area is 116 Å². The molecule has 0 fully saturated rings. The van der Waals surface area contributed by atoms with Crippen LogP contribution in [-0.4, -0.2) is 32.4 Å². The van der Waals surface area contributed by atoms with Crippen molar-refractivity contribution in [2.45, 2.75) is 26.4 Å². The average molecular weight is 337 g/mol. The van der Waals surface area contributed by atoms with E-state index in [1.165, 1.54) is 7.11 Å². The van der Waals surface area contributed by atoms with E-state index in [0.717, 1.165) is 5.56 Å². The normalized spacial score (nSPS) is 13.3. The van der Waals surface area contributed by atoms with Gasteiger partial charge < -0.3 is 4.74 Å². The second-order valence-corrected chi connectivity index (χ2v) is 6.50. The molecule has 0 spiro atoms. The van der Waals surface area contributed by atoms with E-state index in [9.17, 15) is 8.42 Å². The number of anilines is 1. The maximum Gasteiger partial charge on any atom is 0.236 e. The smallest absolute Gasteiger partial charge is 0.236 e. The van der Waals surface area contributed by atoms with Gasteiger partial charge in [0.1, 0.15) is 0 Å². The van der Waals surface area contributed by atoms with Crippen molar-refractivity contribution in [2.75, 3.05) is 17.6 Å². The van der Waals surface area contributed by atoms with Crippen molar-refractivity contribution in [3.63, 3.8) is 0 Å². The molecule has 1 aromatic heterocycles. The Hall–Kier alpha value is -0.660. The van der Waals surface area contributed by atoms with Gasteiger partial charge in [-0.25, -0.2) is 13.4 Å². The molecule has 0 aliphatic heterocycles. The predicted molar refractivity (Wildman–Crippen MR) is 75.2 cm³/mol. The van der Waals surface area contributed by atoms with Crippen LogP contribution in [-0.2, 0) is 14.8 Å². The van der Waals surface area contributed by atoms with Crippen molar-refractivity contribution in [3.8, 4) is 0 Å². The van der Waals surface area contributed by atoms with Crippen molar-refractivity contribution in [1.29, 1.82) is 0 Å². The van der Waals surface area contributed by atoms with Crippen LogP contribution >= 0.6 is 15.9 Å². The molecule has 0 aliphatic carbocycles. The van der Waals surface area contributed by atoms with Crippen molar-refractivity contribution in [2.24, 2.45) is 0 Å². The summed E-state index contributed by atoms with van der Waals surface area (Å²) in [6, 6.07) is 1.80. The van der Waals surface area contributed by atoms with Crippen LogP contribution in [0.3, 0.4) is 0 Å². The predicted octanol–water partition coefficient (Wildman–Crippen LogP) is 2.32. The highest BCUT2D eigenvalue weighted by molar-refractivity contribution is 9.10. The van der Waals surface area contributed by atoms with Gasteiger partial charge in [0.2, 0.25) is 10.0 Å². The number of methoxy groups -OCH3 is 1. The summed E-state index contributed by atoms with van der Waals surface area (Å²) in [6.07, 6.45) is 1.89. The molecule has 5 nitrogen and oxygen atoms in total. The second-order valence-electron chi connectivity index (χ2n) is 3.94. The summed E-state index contributed by atoms with van der Waals surface area (Å²) < 4.78 is 32.1. The number of hydrogen-bond acceptors (Lipinski definition) is 4. The zero-order chi connectivity index (χ0) is 13.8. The first-order chi connectivity index (χ1) is 8.39. The number of hydrogen-bond donors (Lipinski definition) is 1. The highest BCUT2D eigenvalue weighted by atomic mass is 79.9. The first-order valence-corrected chi connectivity index (χ1v) is 7.98. The highest BCUT2D eigenvalue weighted by Crippen LogP contribution is 2.24. The Bertz CT molecular complexity index is 501. The number of ether oxygens (including phenoxy) is 1. The number of nitrogens with zero attached hydrogens (tertiary/aromatic N) is 1. The fourth-order valence-corrected chi connectivity index (χ4v) is 3.26. The van der Waals surface area contributed by atoms with E-state index >= 15 is 0 Å². The SMILES string of the molecule is CCC(CS(=O)(=O)Nc1nccc(C)c1Br)OC. The highest BCUT2D eigenvalue weighted by Gasteiger charge is 2.19. The van der Waals surface area contributed by atoms with E-state index in [-0.39, 0.29) is 11.9 Å². The van der Waals surface area contributed by atoms with Gasteiger partial charge in [0, 0.05) is 13.3 Å². The summed E-state index contributed by atoms with van der Waals surface area (Å²) in [4.78, 5) is 4.01. The van der Waals surface area contributed by atoms with Gasteiger partial charge in [-0.1, -0.05) is 6.92 Å². The van der Waals surface area contributed by atoms with E-state index in [1.807, 2.05) is 13.8 Å². The van der Waals surface area contributed by atoms with E-state index < -0.39 is 10.0 Å². The Morgan fingerprint density at radius 3 is 2.78 bits per heavy atom. The zero-order valence-corrected chi connectivity index (χ0v) is 13.0. The number of nitrogens with one attached hydrogen (secondary N) is 1. The number of aromatic nitrogens is 1. The van der Waals surface area contributed by atoms with Gasteiger partial charge in [-0.15, -0.1) is 0 Å². The molecule has 1 atom stereocenters. The standard InChI is InChI=1S/C11H17BrN2O3S/c1-4-9(17-3)7-18(15,16)14-11-10(12)8(2)5-6-13-11/h5-6,9H,4,7H2,1-3H3,(H,13,14). The van der Waals surface area contributed by atoms with Gasteiger partial charge in [0.05, 0.1) is 16.3 Å². The molecule has 0 bridgehead atoms. The molecule has 1 unspecified atom stereocenters. The van der Waals surface area contributed by atoms with Gasteiger partial charge in [-0.3, -0.25) is 4.72 Å². The minimum Gasteiger partial charge on any atom is -0.380 e. The van der Waals surface area contributed by atoms with Crippen molar-refractivity contribution < 1.29 is 13.2 Å². The third kappa shape index (κ3) is 4.22. The lowest BCUT2D eigenvalue weighted by Gasteiger charge is -2.15. The summed E-state index contributed by atoms with van der Waals surface area (Å²) in [7, 11) is -1.96. The van der Waals surface area contributed by atoms with Crippen molar-refractivity contribution >= 4 is 31.8 Å². The molecule has 0 saturated heterocycles. The molecule has 102 valence electrons. The molecule has 18 heavy (non-hydrogen) atoms. The minimum atomic E-state index is -3.46. The molecule has 0 aromatic carbocycles. The Morgan fingerprint density at radius 2 is 2.22 bits per heavy atom. The average Bonchev–Trinajstić information content (AvgIpc) is 2.32. The van der Waals surface area contributed by atoms with Gasteiger partial charge in [-0.05, 0) is 40.9 Å². The van der Waals surface area contributed by atoms with E-state index in [4.69, 9.17) is 4.74 Å².